The van der Waals surface area contributed by atoms with Gasteiger partial charge in [0.25, 0.3) is 5.91 Å². The maximum absolute atomic E-state index is 11.7. The molecule has 2 heterocycles. The number of ether oxygens (including phenoxy) is 1. The highest BCUT2D eigenvalue weighted by molar-refractivity contribution is 7.14. The molecule has 7 nitrogen and oxygen atoms in total. The summed E-state index contributed by atoms with van der Waals surface area (Å²) >= 11 is 3.03. The summed E-state index contributed by atoms with van der Waals surface area (Å²) in [6.45, 7) is 1.72. The molecule has 0 aliphatic heterocycles. The topological polar surface area (TPSA) is 97.4 Å². The molecule has 0 atom stereocenters. The lowest BCUT2D eigenvalue weighted by Gasteiger charge is -2.06. The van der Waals surface area contributed by atoms with Gasteiger partial charge in [0.15, 0.2) is 6.61 Å². The van der Waals surface area contributed by atoms with E-state index < -0.39 is 18.5 Å². The zero-order valence-electron chi connectivity index (χ0n) is 13.0. The Bertz CT molecular complexity index is 697. The van der Waals surface area contributed by atoms with E-state index in [9.17, 15) is 14.4 Å². The molecule has 0 saturated carbocycles. The summed E-state index contributed by atoms with van der Waals surface area (Å²) < 4.78 is 4.88. The summed E-state index contributed by atoms with van der Waals surface area (Å²) in [6.07, 6.45) is 0.00420. The molecule has 128 valence electrons. The van der Waals surface area contributed by atoms with Gasteiger partial charge in [0.2, 0.25) is 5.91 Å². The Hall–Kier alpha value is -2.26. The second-order valence-corrected chi connectivity index (χ2v) is 6.36. The number of aromatic nitrogens is 1. The molecule has 2 aromatic rings. The summed E-state index contributed by atoms with van der Waals surface area (Å²) in [5.41, 5.74) is 1.63. The number of esters is 1. The summed E-state index contributed by atoms with van der Waals surface area (Å²) in [5.74, 6) is -1.35. The highest BCUT2D eigenvalue weighted by Gasteiger charge is 2.12. The standard InChI is InChI=1S/C15H17N3O4S2/c1-2-16-12(19)6-17-13(20)7-22-14(21)5-11-9-24-15(18-11)10-3-4-23-8-10/h3-4,8-9H,2,5-7H2,1H3,(H,16,19)(H,17,20). The molecule has 2 aromatic heterocycles. The number of nitrogens with one attached hydrogen (secondary N) is 2. The fourth-order valence-electron chi connectivity index (χ4n) is 1.74. The van der Waals surface area contributed by atoms with Gasteiger partial charge in [0, 0.05) is 22.9 Å². The maximum Gasteiger partial charge on any atom is 0.312 e. The Morgan fingerprint density at radius 2 is 2.04 bits per heavy atom. The average Bonchev–Trinajstić information content (AvgIpc) is 3.22. The first kappa shape index (κ1) is 18.1. The van der Waals surface area contributed by atoms with Gasteiger partial charge >= 0.3 is 5.97 Å². The molecule has 2 amide bonds. The van der Waals surface area contributed by atoms with Gasteiger partial charge in [-0.05, 0) is 18.4 Å². The lowest BCUT2D eigenvalue weighted by molar-refractivity contribution is -0.148. The molecule has 2 N–H and O–H groups in total. The first-order valence-corrected chi connectivity index (χ1v) is 9.06. The van der Waals surface area contributed by atoms with Crippen molar-refractivity contribution in [2.75, 3.05) is 19.7 Å². The zero-order valence-corrected chi connectivity index (χ0v) is 14.7. The third-order valence-electron chi connectivity index (χ3n) is 2.83. The van der Waals surface area contributed by atoms with Gasteiger partial charge in [-0.3, -0.25) is 14.4 Å². The Kier molecular flexibility index (Phi) is 6.89. The van der Waals surface area contributed by atoms with E-state index >= 15 is 0 Å². The second kappa shape index (κ2) is 9.14. The number of hydrogen-bond acceptors (Lipinski definition) is 7. The number of thiazole rings is 1. The van der Waals surface area contributed by atoms with E-state index in [1.807, 2.05) is 16.8 Å². The van der Waals surface area contributed by atoms with Gasteiger partial charge in [-0.25, -0.2) is 4.98 Å². The zero-order chi connectivity index (χ0) is 17.4. The first-order chi connectivity index (χ1) is 11.6. The van der Waals surface area contributed by atoms with E-state index in [0.29, 0.717) is 12.2 Å². The predicted octanol–water partition coefficient (Wildman–Crippen LogP) is 1.21. The van der Waals surface area contributed by atoms with Crippen molar-refractivity contribution in [3.05, 3.63) is 27.9 Å². The normalized spacial score (nSPS) is 10.2. The van der Waals surface area contributed by atoms with Crippen LogP contribution >= 0.6 is 22.7 Å². The fourth-order valence-corrected chi connectivity index (χ4v) is 3.27. The largest absolute Gasteiger partial charge is 0.455 e. The van der Waals surface area contributed by atoms with Gasteiger partial charge in [-0.15, -0.1) is 11.3 Å². The van der Waals surface area contributed by atoms with E-state index in [-0.39, 0.29) is 18.9 Å². The van der Waals surface area contributed by atoms with Crippen LogP contribution in [0.15, 0.2) is 22.2 Å². The minimum atomic E-state index is -0.537. The molecule has 0 fully saturated rings. The molecule has 0 spiro atoms. The van der Waals surface area contributed by atoms with Crippen molar-refractivity contribution < 1.29 is 19.1 Å². The molecular formula is C15H17N3O4S2. The van der Waals surface area contributed by atoms with Crippen LogP contribution in [0.2, 0.25) is 0 Å². The van der Waals surface area contributed by atoms with Crippen molar-refractivity contribution in [3.63, 3.8) is 0 Å². The minimum absolute atomic E-state index is 0.00420. The molecule has 9 heteroatoms. The molecule has 0 radical (unpaired) electrons. The number of carbonyl (C=O) groups is 3. The Morgan fingerprint density at radius 3 is 2.75 bits per heavy atom. The highest BCUT2D eigenvalue weighted by Crippen LogP contribution is 2.25. The summed E-state index contributed by atoms with van der Waals surface area (Å²) in [4.78, 5) is 38.8. The number of hydrogen-bond donors (Lipinski definition) is 2. The van der Waals surface area contributed by atoms with Crippen LogP contribution in [0, 0.1) is 0 Å². The van der Waals surface area contributed by atoms with Crippen LogP contribution in [0.4, 0.5) is 0 Å². The average molecular weight is 367 g/mol. The van der Waals surface area contributed by atoms with Gasteiger partial charge in [0.1, 0.15) is 5.01 Å². The van der Waals surface area contributed by atoms with E-state index in [0.717, 1.165) is 10.6 Å². The Balaban J connectivity index is 1.71. The molecule has 0 aromatic carbocycles. The fraction of sp³-hybridized carbons (Fsp3) is 0.333. The molecular weight excluding hydrogens is 350 g/mol. The molecule has 0 saturated heterocycles. The SMILES string of the molecule is CCNC(=O)CNC(=O)COC(=O)Cc1csc(-c2ccsc2)n1. The van der Waals surface area contributed by atoms with Crippen molar-refractivity contribution >= 4 is 40.5 Å². The molecule has 0 bridgehead atoms. The van der Waals surface area contributed by atoms with E-state index in [1.165, 1.54) is 11.3 Å². The van der Waals surface area contributed by atoms with E-state index in [1.54, 1.807) is 23.6 Å². The van der Waals surface area contributed by atoms with Crippen LogP contribution < -0.4 is 10.6 Å². The third-order valence-corrected chi connectivity index (χ3v) is 4.45. The van der Waals surface area contributed by atoms with Crippen LogP contribution in [0.25, 0.3) is 10.6 Å². The Morgan fingerprint density at radius 1 is 1.21 bits per heavy atom. The van der Waals surface area contributed by atoms with Crippen molar-refractivity contribution in [2.45, 2.75) is 13.3 Å². The smallest absolute Gasteiger partial charge is 0.312 e. The molecule has 0 unspecified atom stereocenters. The van der Waals surface area contributed by atoms with E-state index in [2.05, 4.69) is 15.6 Å². The van der Waals surface area contributed by atoms with Gasteiger partial charge < -0.3 is 15.4 Å². The molecule has 2 rings (SSSR count). The van der Waals surface area contributed by atoms with Gasteiger partial charge in [-0.1, -0.05) is 0 Å². The lowest BCUT2D eigenvalue weighted by atomic mass is 10.3. The van der Waals surface area contributed by atoms with Crippen LogP contribution in [0.5, 0.6) is 0 Å². The summed E-state index contributed by atoms with van der Waals surface area (Å²) in [5, 5.41) is 11.5. The summed E-state index contributed by atoms with van der Waals surface area (Å²) in [6, 6.07) is 1.96. The monoisotopic (exact) mass is 367 g/mol. The van der Waals surface area contributed by atoms with Crippen molar-refractivity contribution in [1.29, 1.82) is 0 Å². The number of rotatable bonds is 8. The van der Waals surface area contributed by atoms with E-state index in [4.69, 9.17) is 4.74 Å². The van der Waals surface area contributed by atoms with Crippen molar-refractivity contribution in [2.24, 2.45) is 0 Å². The van der Waals surface area contributed by atoms with Gasteiger partial charge in [0.05, 0.1) is 18.7 Å². The van der Waals surface area contributed by atoms with Gasteiger partial charge in [-0.2, -0.15) is 11.3 Å². The van der Waals surface area contributed by atoms with Crippen molar-refractivity contribution in [1.82, 2.24) is 15.6 Å². The minimum Gasteiger partial charge on any atom is -0.455 e. The highest BCUT2D eigenvalue weighted by atomic mass is 32.1. The van der Waals surface area contributed by atoms with Crippen LogP contribution in [0.3, 0.4) is 0 Å². The third kappa shape index (κ3) is 5.74. The molecule has 24 heavy (non-hydrogen) atoms. The summed E-state index contributed by atoms with van der Waals surface area (Å²) in [7, 11) is 0. The predicted molar refractivity (Wildman–Crippen MR) is 91.8 cm³/mol. The number of nitrogens with zero attached hydrogens (tertiary/aromatic N) is 1. The number of carbonyl (C=O) groups excluding carboxylic acids is 3. The van der Waals surface area contributed by atoms with Crippen molar-refractivity contribution in [3.8, 4) is 10.6 Å². The van der Waals surface area contributed by atoms with Crippen LogP contribution in [-0.2, 0) is 25.5 Å². The lowest BCUT2D eigenvalue weighted by Crippen LogP contribution is -2.38. The van der Waals surface area contributed by atoms with Crippen LogP contribution in [-0.4, -0.2) is 42.5 Å². The number of likely N-dealkylation sites (N-methyl/N-ethyl adjacent to an activating group) is 1. The van der Waals surface area contributed by atoms with Crippen LogP contribution in [0.1, 0.15) is 12.6 Å². The first-order valence-electron chi connectivity index (χ1n) is 7.24. The number of amides is 2. The maximum atomic E-state index is 11.7. The number of thiophene rings is 1. The second-order valence-electron chi connectivity index (χ2n) is 4.72. The molecule has 0 aliphatic carbocycles. The quantitative estimate of drug-likeness (QED) is 0.684. The Labute approximate surface area is 147 Å². The molecule has 0 aliphatic rings.